The zero-order chi connectivity index (χ0) is 16.4. The van der Waals surface area contributed by atoms with E-state index in [1.165, 1.54) is 0 Å². The Balaban J connectivity index is 1.61. The van der Waals surface area contributed by atoms with Gasteiger partial charge in [0, 0.05) is 17.6 Å². The SMILES string of the molecule is NCC(=O)NC1CN[C@H](C(=O)Nc2nc3cc(Cl)ccc3o2)C1. The Morgan fingerprint density at radius 1 is 1.48 bits per heavy atom. The summed E-state index contributed by atoms with van der Waals surface area (Å²) >= 11 is 5.88. The van der Waals surface area contributed by atoms with Gasteiger partial charge < -0.3 is 20.8 Å². The van der Waals surface area contributed by atoms with E-state index in [0.29, 0.717) is 29.1 Å². The molecule has 1 aromatic carbocycles. The third-order valence-electron chi connectivity index (χ3n) is 3.58. The number of anilines is 1. The van der Waals surface area contributed by atoms with Crippen LogP contribution in [0.15, 0.2) is 22.6 Å². The molecule has 1 fully saturated rings. The average Bonchev–Trinajstić information content (AvgIpc) is 3.13. The Bertz CT molecular complexity index is 747. The molecule has 1 aliphatic rings. The number of hydrogen-bond acceptors (Lipinski definition) is 6. The number of amides is 2. The minimum absolute atomic E-state index is 0.0706. The quantitative estimate of drug-likeness (QED) is 0.633. The molecule has 1 aliphatic heterocycles. The summed E-state index contributed by atoms with van der Waals surface area (Å²) in [6.07, 6.45) is 0.476. The van der Waals surface area contributed by atoms with Crippen LogP contribution >= 0.6 is 11.6 Å². The van der Waals surface area contributed by atoms with Gasteiger partial charge in [0.1, 0.15) is 5.52 Å². The van der Waals surface area contributed by atoms with E-state index in [2.05, 4.69) is 20.9 Å². The first kappa shape index (κ1) is 15.7. The summed E-state index contributed by atoms with van der Waals surface area (Å²) in [5.74, 6) is -0.513. The van der Waals surface area contributed by atoms with Crippen LogP contribution in [0.3, 0.4) is 0 Å². The predicted octanol–water partition coefficient (Wildman–Crippen LogP) is 0.225. The molecule has 2 atom stereocenters. The number of halogens is 1. The van der Waals surface area contributed by atoms with Gasteiger partial charge in [0.15, 0.2) is 5.58 Å². The van der Waals surface area contributed by atoms with E-state index in [1.54, 1.807) is 18.2 Å². The first-order chi connectivity index (χ1) is 11.0. The van der Waals surface area contributed by atoms with Crippen LogP contribution in [0.4, 0.5) is 6.01 Å². The second kappa shape index (κ2) is 6.53. The van der Waals surface area contributed by atoms with Gasteiger partial charge in [-0.2, -0.15) is 4.98 Å². The van der Waals surface area contributed by atoms with Crippen molar-refractivity contribution in [1.29, 1.82) is 0 Å². The predicted molar refractivity (Wildman–Crippen MR) is 85.0 cm³/mol. The molecule has 0 radical (unpaired) electrons. The Morgan fingerprint density at radius 2 is 2.30 bits per heavy atom. The zero-order valence-electron chi connectivity index (χ0n) is 12.1. The van der Waals surface area contributed by atoms with Gasteiger partial charge in [0.2, 0.25) is 11.8 Å². The summed E-state index contributed by atoms with van der Waals surface area (Å²) in [5, 5.41) is 8.95. The van der Waals surface area contributed by atoms with Crippen molar-refractivity contribution < 1.29 is 14.0 Å². The van der Waals surface area contributed by atoms with Gasteiger partial charge >= 0.3 is 6.01 Å². The highest BCUT2D eigenvalue weighted by Gasteiger charge is 2.30. The molecule has 0 saturated carbocycles. The second-order valence-electron chi connectivity index (χ2n) is 5.29. The normalized spacial score (nSPS) is 20.6. The fraction of sp³-hybridized carbons (Fsp3) is 0.357. The highest BCUT2D eigenvalue weighted by atomic mass is 35.5. The van der Waals surface area contributed by atoms with E-state index in [4.69, 9.17) is 21.8 Å². The van der Waals surface area contributed by atoms with Gasteiger partial charge in [0.05, 0.1) is 12.6 Å². The van der Waals surface area contributed by atoms with Gasteiger partial charge in [-0.15, -0.1) is 0 Å². The summed E-state index contributed by atoms with van der Waals surface area (Å²) in [4.78, 5) is 27.7. The first-order valence-electron chi connectivity index (χ1n) is 7.15. The number of rotatable bonds is 4. The van der Waals surface area contributed by atoms with E-state index in [0.717, 1.165) is 0 Å². The van der Waals surface area contributed by atoms with Gasteiger partial charge in [-0.1, -0.05) is 11.6 Å². The van der Waals surface area contributed by atoms with E-state index in [-0.39, 0.29) is 30.4 Å². The minimum atomic E-state index is -0.434. The third kappa shape index (κ3) is 3.61. The molecule has 1 aromatic heterocycles. The Labute approximate surface area is 136 Å². The van der Waals surface area contributed by atoms with Crippen molar-refractivity contribution in [2.24, 2.45) is 5.73 Å². The van der Waals surface area contributed by atoms with Gasteiger partial charge in [-0.3, -0.25) is 14.9 Å². The van der Waals surface area contributed by atoms with Crippen LogP contribution in [0.1, 0.15) is 6.42 Å². The highest BCUT2D eigenvalue weighted by molar-refractivity contribution is 6.31. The number of fused-ring (bicyclic) bond motifs is 1. The molecule has 5 N–H and O–H groups in total. The molecule has 1 saturated heterocycles. The Hall–Kier alpha value is -2.16. The largest absolute Gasteiger partial charge is 0.423 e. The molecule has 8 nitrogen and oxygen atoms in total. The molecule has 0 aliphatic carbocycles. The molecule has 1 unspecified atom stereocenters. The van der Waals surface area contributed by atoms with Crippen molar-refractivity contribution in [3.63, 3.8) is 0 Å². The number of carbonyl (C=O) groups excluding carboxylic acids is 2. The van der Waals surface area contributed by atoms with Crippen molar-refractivity contribution in [2.45, 2.75) is 18.5 Å². The van der Waals surface area contributed by atoms with E-state index in [9.17, 15) is 9.59 Å². The van der Waals surface area contributed by atoms with Crippen LogP contribution in [-0.4, -0.2) is 42.0 Å². The minimum Gasteiger partial charge on any atom is -0.423 e. The van der Waals surface area contributed by atoms with Crippen LogP contribution < -0.4 is 21.7 Å². The van der Waals surface area contributed by atoms with E-state index < -0.39 is 6.04 Å². The lowest BCUT2D eigenvalue weighted by molar-refractivity contribution is -0.121. The maximum atomic E-state index is 12.2. The van der Waals surface area contributed by atoms with Gasteiger partial charge in [-0.25, -0.2) is 0 Å². The molecule has 23 heavy (non-hydrogen) atoms. The fourth-order valence-corrected chi connectivity index (χ4v) is 2.64. The number of aromatic nitrogens is 1. The molecule has 9 heteroatoms. The van der Waals surface area contributed by atoms with Crippen molar-refractivity contribution >= 4 is 40.5 Å². The molecule has 2 amide bonds. The average molecular weight is 338 g/mol. The lowest BCUT2D eigenvalue weighted by atomic mass is 10.1. The number of nitrogens with two attached hydrogens (primary N) is 1. The van der Waals surface area contributed by atoms with Crippen molar-refractivity contribution in [1.82, 2.24) is 15.6 Å². The summed E-state index contributed by atoms with van der Waals surface area (Å²) in [6.45, 7) is 0.436. The lowest BCUT2D eigenvalue weighted by Gasteiger charge is -2.11. The number of oxazole rings is 1. The lowest BCUT2D eigenvalue weighted by Crippen LogP contribution is -2.39. The van der Waals surface area contributed by atoms with Crippen LogP contribution in [0, 0.1) is 0 Å². The topological polar surface area (TPSA) is 122 Å². The number of carbonyl (C=O) groups is 2. The van der Waals surface area contributed by atoms with Crippen molar-refractivity contribution in [3.05, 3.63) is 23.2 Å². The third-order valence-corrected chi connectivity index (χ3v) is 3.81. The number of nitrogens with one attached hydrogen (secondary N) is 3. The molecule has 2 heterocycles. The summed E-state index contributed by atoms with van der Waals surface area (Å²) in [7, 11) is 0. The van der Waals surface area contributed by atoms with Crippen LogP contribution in [0.2, 0.25) is 5.02 Å². The maximum absolute atomic E-state index is 12.2. The van der Waals surface area contributed by atoms with E-state index >= 15 is 0 Å². The Morgan fingerprint density at radius 3 is 3.09 bits per heavy atom. The van der Waals surface area contributed by atoms with Gasteiger partial charge in [0.25, 0.3) is 0 Å². The highest BCUT2D eigenvalue weighted by Crippen LogP contribution is 2.22. The standard InChI is InChI=1S/C14H16ClN5O3/c15-7-1-2-11-9(3-7)19-14(23-11)20-13(22)10-4-8(6-17-10)18-12(21)5-16/h1-3,8,10,17H,4-6,16H2,(H,18,21)(H,19,20,22)/t8?,10-/m0/s1. The molecule has 0 spiro atoms. The molecule has 3 rings (SSSR count). The number of nitrogens with zero attached hydrogens (tertiary/aromatic N) is 1. The molecule has 122 valence electrons. The zero-order valence-corrected chi connectivity index (χ0v) is 12.9. The van der Waals surface area contributed by atoms with Crippen LogP contribution in [-0.2, 0) is 9.59 Å². The second-order valence-corrected chi connectivity index (χ2v) is 5.72. The molecular weight excluding hydrogens is 322 g/mol. The number of benzene rings is 1. The fourth-order valence-electron chi connectivity index (χ4n) is 2.48. The maximum Gasteiger partial charge on any atom is 0.302 e. The molecular formula is C14H16ClN5O3. The van der Waals surface area contributed by atoms with Crippen molar-refractivity contribution in [3.8, 4) is 0 Å². The first-order valence-corrected chi connectivity index (χ1v) is 7.52. The monoisotopic (exact) mass is 337 g/mol. The summed E-state index contributed by atoms with van der Waals surface area (Å²) in [5.41, 5.74) is 6.36. The van der Waals surface area contributed by atoms with Crippen molar-refractivity contribution in [2.75, 3.05) is 18.4 Å². The molecule has 0 bridgehead atoms. The molecule has 2 aromatic rings. The van der Waals surface area contributed by atoms with Crippen LogP contribution in [0.25, 0.3) is 11.1 Å². The van der Waals surface area contributed by atoms with Crippen LogP contribution in [0.5, 0.6) is 0 Å². The summed E-state index contributed by atoms with van der Waals surface area (Å²) < 4.78 is 5.45. The summed E-state index contributed by atoms with van der Waals surface area (Å²) in [6, 6.07) is 4.59. The van der Waals surface area contributed by atoms with Gasteiger partial charge in [-0.05, 0) is 24.6 Å². The Kier molecular flexibility index (Phi) is 4.46. The van der Waals surface area contributed by atoms with E-state index in [1.807, 2.05) is 0 Å². The smallest absolute Gasteiger partial charge is 0.302 e. The number of hydrogen-bond donors (Lipinski definition) is 4.